The Morgan fingerprint density at radius 2 is 1.12 bits per heavy atom. The van der Waals surface area contributed by atoms with Crippen LogP contribution >= 0.6 is 0 Å². The number of allylic oxidation sites excluding steroid dienone is 2. The van der Waals surface area contributed by atoms with E-state index in [2.05, 4.69) is 0 Å². The Labute approximate surface area is 178 Å². The average Bonchev–Trinajstić information content (AvgIpc) is 3.00. The van der Waals surface area contributed by atoms with E-state index < -0.39 is 40.7 Å². The van der Waals surface area contributed by atoms with Crippen molar-refractivity contribution >= 4 is 0 Å². The molecule has 3 rings (SSSR count). The van der Waals surface area contributed by atoms with E-state index in [4.69, 9.17) is 5.73 Å². The largest absolute Gasteiger partial charge is 0.416 e. The molecule has 162 valence electrons. The highest BCUT2D eigenvalue weighted by atomic mass is 19.4. The third kappa shape index (κ3) is 3.52. The van der Waals surface area contributed by atoms with Gasteiger partial charge in [0.05, 0.1) is 40.6 Å². The van der Waals surface area contributed by atoms with Gasteiger partial charge in [0.15, 0.2) is 5.41 Å². The summed E-state index contributed by atoms with van der Waals surface area (Å²) in [5.74, 6) is -2.33. The summed E-state index contributed by atoms with van der Waals surface area (Å²) in [6.07, 6.45) is -9.24. The summed E-state index contributed by atoms with van der Waals surface area (Å²) < 4.78 is 77.8. The summed E-state index contributed by atoms with van der Waals surface area (Å²) in [7, 11) is 0. The Kier molecular flexibility index (Phi) is 5.41. The first-order valence-corrected chi connectivity index (χ1v) is 8.97. The number of hydrogen-bond donors (Lipinski definition) is 1. The van der Waals surface area contributed by atoms with Gasteiger partial charge in [-0.2, -0.15) is 42.1 Å². The minimum Gasteiger partial charge on any atom is -0.399 e. The summed E-state index contributed by atoms with van der Waals surface area (Å²) in [4.78, 5) is 0. The molecule has 0 aromatic heterocycles. The second-order valence-corrected chi connectivity index (χ2v) is 7.17. The fourth-order valence-corrected chi connectivity index (χ4v) is 3.94. The zero-order chi connectivity index (χ0) is 23.9. The van der Waals surface area contributed by atoms with Crippen molar-refractivity contribution in [3.63, 3.8) is 0 Å². The molecule has 0 aliphatic heterocycles. The molecule has 0 heterocycles. The molecule has 2 aromatic rings. The fourth-order valence-electron chi connectivity index (χ4n) is 3.94. The Balaban J connectivity index is 2.22. The van der Waals surface area contributed by atoms with E-state index in [0.29, 0.717) is 0 Å². The van der Waals surface area contributed by atoms with Crippen LogP contribution in [0.1, 0.15) is 34.1 Å². The number of nitriles is 3. The lowest BCUT2D eigenvalue weighted by Crippen LogP contribution is -2.29. The van der Waals surface area contributed by atoms with Gasteiger partial charge >= 0.3 is 12.4 Å². The summed E-state index contributed by atoms with van der Waals surface area (Å²) >= 11 is 0. The Morgan fingerprint density at radius 1 is 0.719 bits per heavy atom. The van der Waals surface area contributed by atoms with Gasteiger partial charge in [-0.15, -0.1) is 0 Å². The number of alkyl halides is 6. The third-order valence-electron chi connectivity index (χ3n) is 5.49. The first-order valence-electron chi connectivity index (χ1n) is 8.97. The predicted molar refractivity (Wildman–Crippen MR) is 98.9 cm³/mol. The molecule has 2 aromatic carbocycles. The standard InChI is InChI=1S/C22H12F6N4/c23-21(24,25)14-5-1-12(2-6-14)17-16(9-29)19(32)20(10-30,11-31)18(17)13-3-7-15(8-4-13)22(26,27)28/h1-8,17-18H,32H2/t17-,18-/m0/s1. The van der Waals surface area contributed by atoms with E-state index in [1.165, 1.54) is 0 Å². The minimum atomic E-state index is -4.63. The fraction of sp³-hybridized carbons (Fsp3) is 0.227. The molecule has 1 aliphatic carbocycles. The van der Waals surface area contributed by atoms with Crippen LogP contribution < -0.4 is 5.73 Å². The molecule has 0 spiro atoms. The highest BCUT2D eigenvalue weighted by Gasteiger charge is 2.56. The maximum atomic E-state index is 13.0. The van der Waals surface area contributed by atoms with Gasteiger partial charge in [0, 0.05) is 11.8 Å². The monoisotopic (exact) mass is 446 g/mol. The van der Waals surface area contributed by atoms with Gasteiger partial charge in [0.2, 0.25) is 0 Å². The van der Waals surface area contributed by atoms with Crippen molar-refractivity contribution in [1.82, 2.24) is 0 Å². The van der Waals surface area contributed by atoms with Gasteiger partial charge in [-0.05, 0) is 35.4 Å². The van der Waals surface area contributed by atoms with Gasteiger partial charge < -0.3 is 5.73 Å². The van der Waals surface area contributed by atoms with Crippen molar-refractivity contribution in [2.45, 2.75) is 24.2 Å². The van der Waals surface area contributed by atoms with Crippen LogP contribution in [-0.4, -0.2) is 0 Å². The molecular weight excluding hydrogens is 434 g/mol. The van der Waals surface area contributed by atoms with Gasteiger partial charge in [-0.25, -0.2) is 0 Å². The molecule has 2 N–H and O–H groups in total. The van der Waals surface area contributed by atoms with Crippen molar-refractivity contribution < 1.29 is 26.3 Å². The number of nitrogens with two attached hydrogens (primary N) is 1. The maximum absolute atomic E-state index is 13.0. The molecule has 0 unspecified atom stereocenters. The van der Waals surface area contributed by atoms with E-state index in [0.717, 1.165) is 48.5 Å². The van der Waals surface area contributed by atoms with Gasteiger partial charge in [0.25, 0.3) is 0 Å². The molecule has 4 nitrogen and oxygen atoms in total. The second kappa shape index (κ2) is 7.62. The van der Waals surface area contributed by atoms with Crippen LogP contribution in [0.5, 0.6) is 0 Å². The van der Waals surface area contributed by atoms with Crippen LogP contribution in [0.2, 0.25) is 0 Å². The van der Waals surface area contributed by atoms with Crippen LogP contribution in [0.15, 0.2) is 59.8 Å². The molecule has 0 radical (unpaired) electrons. The SMILES string of the molecule is N#CC1=C(N)C(C#N)(C#N)[C@@H](c2ccc(C(F)(F)F)cc2)[C@H]1c1ccc(C(F)(F)F)cc1. The number of rotatable bonds is 2. The minimum absolute atomic E-state index is 0.110. The predicted octanol–water partition coefficient (Wildman–Crippen LogP) is 5.38. The van der Waals surface area contributed by atoms with Gasteiger partial charge in [0.1, 0.15) is 0 Å². The Morgan fingerprint density at radius 3 is 1.47 bits per heavy atom. The zero-order valence-corrected chi connectivity index (χ0v) is 16.0. The lowest BCUT2D eigenvalue weighted by molar-refractivity contribution is -0.138. The zero-order valence-electron chi connectivity index (χ0n) is 16.0. The molecule has 0 saturated carbocycles. The first kappa shape index (κ1) is 22.7. The Bertz CT molecular complexity index is 1170. The normalized spacial score (nSPS) is 20.3. The maximum Gasteiger partial charge on any atom is 0.416 e. The molecular formula is C22H12F6N4. The first-order chi connectivity index (χ1) is 14.9. The smallest absolute Gasteiger partial charge is 0.399 e. The number of hydrogen-bond acceptors (Lipinski definition) is 4. The van der Waals surface area contributed by atoms with E-state index in [1.54, 1.807) is 12.1 Å². The van der Waals surface area contributed by atoms with Crippen LogP contribution in [0.3, 0.4) is 0 Å². The topological polar surface area (TPSA) is 97.4 Å². The summed E-state index contributed by atoms with van der Waals surface area (Å²) in [6, 6.07) is 12.8. The van der Waals surface area contributed by atoms with Crippen molar-refractivity contribution in [3.8, 4) is 18.2 Å². The number of nitrogens with zero attached hydrogens (tertiary/aromatic N) is 3. The van der Waals surface area contributed by atoms with E-state index in [1.807, 2.05) is 6.07 Å². The highest BCUT2D eigenvalue weighted by Crippen LogP contribution is 2.58. The molecule has 0 saturated heterocycles. The van der Waals surface area contributed by atoms with Crippen molar-refractivity contribution in [1.29, 1.82) is 15.8 Å². The molecule has 0 amide bonds. The molecule has 32 heavy (non-hydrogen) atoms. The van der Waals surface area contributed by atoms with Crippen LogP contribution in [-0.2, 0) is 12.4 Å². The second-order valence-electron chi connectivity index (χ2n) is 7.17. The summed E-state index contributed by atoms with van der Waals surface area (Å²) in [5.41, 5.74) is 1.68. The molecule has 10 heteroatoms. The lowest BCUT2D eigenvalue weighted by Gasteiger charge is -2.28. The van der Waals surface area contributed by atoms with Crippen LogP contribution in [0.25, 0.3) is 0 Å². The average molecular weight is 446 g/mol. The molecule has 1 aliphatic rings. The van der Waals surface area contributed by atoms with Crippen molar-refractivity contribution in [2.24, 2.45) is 11.1 Å². The quantitative estimate of drug-likeness (QED) is 0.627. The molecule has 0 bridgehead atoms. The lowest BCUT2D eigenvalue weighted by atomic mass is 9.69. The highest BCUT2D eigenvalue weighted by molar-refractivity contribution is 5.58. The van der Waals surface area contributed by atoms with Crippen LogP contribution in [0.4, 0.5) is 26.3 Å². The summed E-state index contributed by atoms with van der Waals surface area (Å²) in [6.45, 7) is 0. The number of benzene rings is 2. The van der Waals surface area contributed by atoms with Gasteiger partial charge in [-0.3, -0.25) is 0 Å². The van der Waals surface area contributed by atoms with Crippen molar-refractivity contribution in [3.05, 3.63) is 82.1 Å². The third-order valence-corrected chi connectivity index (χ3v) is 5.49. The van der Waals surface area contributed by atoms with Crippen LogP contribution in [0, 0.1) is 39.4 Å². The Hall–Kier alpha value is -3.97. The molecule has 2 atom stereocenters. The number of halogens is 6. The van der Waals surface area contributed by atoms with Crippen molar-refractivity contribution in [2.75, 3.05) is 0 Å². The van der Waals surface area contributed by atoms with E-state index >= 15 is 0 Å². The van der Waals surface area contributed by atoms with E-state index in [-0.39, 0.29) is 22.4 Å². The summed E-state index contributed by atoms with van der Waals surface area (Å²) in [5, 5.41) is 29.3. The van der Waals surface area contributed by atoms with E-state index in [9.17, 15) is 42.1 Å². The van der Waals surface area contributed by atoms with Gasteiger partial charge in [-0.1, -0.05) is 24.3 Å². The molecule has 0 fully saturated rings.